The third kappa shape index (κ3) is 3.82. The van der Waals surface area contributed by atoms with Gasteiger partial charge in [-0.3, -0.25) is 9.80 Å². The zero-order valence-electron chi connectivity index (χ0n) is 11.6. The fraction of sp³-hybridized carbons (Fsp3) is 0.643. The van der Waals surface area contributed by atoms with E-state index in [4.69, 9.17) is 23.2 Å². The Morgan fingerprint density at radius 2 is 2.11 bits per heavy atom. The van der Waals surface area contributed by atoms with Gasteiger partial charge in [0, 0.05) is 42.5 Å². The van der Waals surface area contributed by atoms with Crippen molar-refractivity contribution < 1.29 is 0 Å². The number of likely N-dealkylation sites (N-methyl/N-ethyl adjacent to an activating group) is 1. The molecule has 1 fully saturated rings. The van der Waals surface area contributed by atoms with Crippen molar-refractivity contribution in [1.29, 1.82) is 0 Å². The van der Waals surface area contributed by atoms with Crippen molar-refractivity contribution in [2.24, 2.45) is 0 Å². The van der Waals surface area contributed by atoms with Gasteiger partial charge >= 0.3 is 0 Å². The van der Waals surface area contributed by atoms with Gasteiger partial charge in [-0.05, 0) is 25.6 Å². The number of pyridine rings is 1. The lowest BCUT2D eigenvalue weighted by atomic mass is 10.2. The van der Waals surface area contributed by atoms with Crippen molar-refractivity contribution in [3.05, 3.63) is 28.0 Å². The van der Waals surface area contributed by atoms with Crippen LogP contribution in [0.5, 0.6) is 0 Å². The normalized spacial score (nSPS) is 20.4. The van der Waals surface area contributed by atoms with Gasteiger partial charge in [-0.15, -0.1) is 0 Å². The van der Waals surface area contributed by atoms with Gasteiger partial charge in [0.25, 0.3) is 0 Å². The zero-order valence-corrected chi connectivity index (χ0v) is 13.1. The SMILES string of the molecule is CCN(CC)C1CCN(Cc2cnc(Cl)cc2Cl)C1. The van der Waals surface area contributed by atoms with Gasteiger partial charge < -0.3 is 0 Å². The third-order valence-electron chi connectivity index (χ3n) is 3.87. The Morgan fingerprint density at radius 3 is 2.74 bits per heavy atom. The third-order valence-corrected chi connectivity index (χ3v) is 4.43. The summed E-state index contributed by atoms with van der Waals surface area (Å²) in [5.41, 5.74) is 1.06. The Kier molecular flexibility index (Phi) is 5.46. The number of halogens is 2. The van der Waals surface area contributed by atoms with Crippen LogP contribution in [0.2, 0.25) is 10.2 Å². The highest BCUT2D eigenvalue weighted by molar-refractivity contribution is 6.34. The minimum atomic E-state index is 0.455. The first kappa shape index (κ1) is 15.0. The molecule has 0 saturated carbocycles. The minimum Gasteiger partial charge on any atom is -0.300 e. The highest BCUT2D eigenvalue weighted by Gasteiger charge is 2.26. The molecule has 1 saturated heterocycles. The smallest absolute Gasteiger partial charge is 0.130 e. The first-order valence-corrected chi connectivity index (χ1v) is 7.66. The highest BCUT2D eigenvalue weighted by Crippen LogP contribution is 2.23. The number of hydrogen-bond donors (Lipinski definition) is 0. The van der Waals surface area contributed by atoms with E-state index in [1.165, 1.54) is 6.42 Å². The maximum atomic E-state index is 6.20. The molecule has 1 unspecified atom stereocenters. The summed E-state index contributed by atoms with van der Waals surface area (Å²) in [5.74, 6) is 0. The molecule has 1 aromatic rings. The summed E-state index contributed by atoms with van der Waals surface area (Å²) in [4.78, 5) is 9.09. The van der Waals surface area contributed by atoms with Crippen LogP contribution in [0, 0.1) is 0 Å². The molecule has 0 radical (unpaired) electrons. The van der Waals surface area contributed by atoms with E-state index in [2.05, 4.69) is 28.6 Å². The van der Waals surface area contributed by atoms with E-state index in [0.717, 1.165) is 38.3 Å². The quantitative estimate of drug-likeness (QED) is 0.778. The summed E-state index contributed by atoms with van der Waals surface area (Å²) < 4.78 is 0. The van der Waals surface area contributed by atoms with E-state index >= 15 is 0 Å². The highest BCUT2D eigenvalue weighted by atomic mass is 35.5. The van der Waals surface area contributed by atoms with Crippen molar-refractivity contribution in [1.82, 2.24) is 14.8 Å². The molecule has 1 aliphatic heterocycles. The van der Waals surface area contributed by atoms with Crippen LogP contribution < -0.4 is 0 Å². The molecular weight excluding hydrogens is 281 g/mol. The zero-order chi connectivity index (χ0) is 13.8. The van der Waals surface area contributed by atoms with Crippen molar-refractivity contribution >= 4 is 23.2 Å². The molecule has 0 spiro atoms. The second-order valence-corrected chi connectivity index (χ2v) is 5.79. The van der Waals surface area contributed by atoms with Gasteiger partial charge in [-0.1, -0.05) is 37.0 Å². The van der Waals surface area contributed by atoms with Gasteiger partial charge in [-0.25, -0.2) is 4.98 Å². The average molecular weight is 302 g/mol. The Hall–Kier alpha value is -0.350. The summed E-state index contributed by atoms with van der Waals surface area (Å²) in [6.07, 6.45) is 3.02. The second-order valence-electron chi connectivity index (χ2n) is 5.00. The molecular formula is C14H21Cl2N3. The van der Waals surface area contributed by atoms with Crippen LogP contribution in [0.15, 0.2) is 12.3 Å². The van der Waals surface area contributed by atoms with E-state index in [-0.39, 0.29) is 0 Å². The average Bonchev–Trinajstić information content (AvgIpc) is 2.83. The number of nitrogens with zero attached hydrogens (tertiary/aromatic N) is 3. The summed E-state index contributed by atoms with van der Waals surface area (Å²) in [6.45, 7) is 9.80. The van der Waals surface area contributed by atoms with Crippen LogP contribution in [0.3, 0.4) is 0 Å². The first-order valence-electron chi connectivity index (χ1n) is 6.90. The van der Waals surface area contributed by atoms with Gasteiger partial charge in [0.2, 0.25) is 0 Å². The van der Waals surface area contributed by atoms with Gasteiger partial charge in [0.1, 0.15) is 5.15 Å². The number of likely N-dealkylation sites (tertiary alicyclic amines) is 1. The molecule has 106 valence electrons. The largest absolute Gasteiger partial charge is 0.300 e. The monoisotopic (exact) mass is 301 g/mol. The fourth-order valence-electron chi connectivity index (χ4n) is 2.79. The molecule has 0 amide bonds. The maximum Gasteiger partial charge on any atom is 0.130 e. The molecule has 2 rings (SSSR count). The van der Waals surface area contributed by atoms with E-state index < -0.39 is 0 Å². The van der Waals surface area contributed by atoms with Crippen molar-refractivity contribution in [3.63, 3.8) is 0 Å². The van der Waals surface area contributed by atoms with E-state index in [1.54, 1.807) is 12.3 Å². The van der Waals surface area contributed by atoms with Crippen molar-refractivity contribution in [3.8, 4) is 0 Å². The predicted octanol–water partition coefficient (Wildman–Crippen LogP) is 3.30. The van der Waals surface area contributed by atoms with Crippen LogP contribution in [0.25, 0.3) is 0 Å². The van der Waals surface area contributed by atoms with Crippen LogP contribution in [0.1, 0.15) is 25.8 Å². The number of aromatic nitrogens is 1. The van der Waals surface area contributed by atoms with Crippen molar-refractivity contribution in [2.75, 3.05) is 26.2 Å². The molecule has 2 heterocycles. The summed E-state index contributed by atoms with van der Waals surface area (Å²) >= 11 is 12.0. The summed E-state index contributed by atoms with van der Waals surface area (Å²) in [5, 5.41) is 1.17. The predicted molar refractivity (Wildman–Crippen MR) is 80.9 cm³/mol. The molecule has 1 atom stereocenters. The molecule has 0 N–H and O–H groups in total. The van der Waals surface area contributed by atoms with Crippen LogP contribution in [-0.2, 0) is 6.54 Å². The van der Waals surface area contributed by atoms with E-state index in [9.17, 15) is 0 Å². The molecule has 0 aromatic carbocycles. The molecule has 0 aliphatic carbocycles. The van der Waals surface area contributed by atoms with Gasteiger partial charge in [-0.2, -0.15) is 0 Å². The maximum absolute atomic E-state index is 6.20. The van der Waals surface area contributed by atoms with Crippen LogP contribution in [0.4, 0.5) is 0 Å². The van der Waals surface area contributed by atoms with Crippen molar-refractivity contribution in [2.45, 2.75) is 32.9 Å². The van der Waals surface area contributed by atoms with Crippen LogP contribution in [-0.4, -0.2) is 47.0 Å². The molecule has 0 bridgehead atoms. The Labute approximate surface area is 125 Å². The summed E-state index contributed by atoms with van der Waals surface area (Å²) in [6, 6.07) is 2.39. The fourth-order valence-corrected chi connectivity index (χ4v) is 3.21. The second kappa shape index (κ2) is 6.89. The lowest BCUT2D eigenvalue weighted by molar-refractivity contribution is 0.209. The lowest BCUT2D eigenvalue weighted by Gasteiger charge is -2.26. The number of rotatable bonds is 5. The molecule has 19 heavy (non-hydrogen) atoms. The minimum absolute atomic E-state index is 0.455. The Bertz CT molecular complexity index is 421. The first-order chi connectivity index (χ1) is 9.13. The molecule has 1 aliphatic rings. The Morgan fingerprint density at radius 1 is 1.37 bits per heavy atom. The van der Waals surface area contributed by atoms with Gasteiger partial charge in [0.05, 0.1) is 0 Å². The van der Waals surface area contributed by atoms with E-state index in [1.807, 2.05) is 0 Å². The standard InChI is InChI=1S/C14H21Cl2N3/c1-3-19(4-2)12-5-6-18(10-12)9-11-8-17-14(16)7-13(11)15/h7-8,12H,3-6,9-10H2,1-2H3. The number of hydrogen-bond acceptors (Lipinski definition) is 3. The van der Waals surface area contributed by atoms with E-state index in [0.29, 0.717) is 16.2 Å². The van der Waals surface area contributed by atoms with Crippen LogP contribution >= 0.6 is 23.2 Å². The lowest BCUT2D eigenvalue weighted by Crippen LogP contribution is -2.37. The molecule has 3 nitrogen and oxygen atoms in total. The molecule has 1 aromatic heterocycles. The summed E-state index contributed by atoms with van der Waals surface area (Å²) in [7, 11) is 0. The van der Waals surface area contributed by atoms with Gasteiger partial charge in [0.15, 0.2) is 0 Å². The Balaban J connectivity index is 1.94. The topological polar surface area (TPSA) is 19.4 Å². The molecule has 5 heteroatoms.